The molecule has 2 aliphatic rings. The average Bonchev–Trinajstić information content (AvgIpc) is 3.13. The van der Waals surface area contributed by atoms with E-state index in [0.717, 1.165) is 0 Å². The second kappa shape index (κ2) is 12.1. The third-order valence-corrected chi connectivity index (χ3v) is 9.52. The molecule has 0 saturated carbocycles. The van der Waals surface area contributed by atoms with Crippen molar-refractivity contribution >= 4 is 39.9 Å². The number of hydrogen-bond donors (Lipinski definition) is 0. The molecule has 0 amide bonds. The number of nitrogens with zero attached hydrogens (tertiary/aromatic N) is 1. The Hall–Kier alpha value is 0.590. The van der Waals surface area contributed by atoms with Crippen molar-refractivity contribution in [3.63, 3.8) is 0 Å². The van der Waals surface area contributed by atoms with E-state index in [1.54, 1.807) is 11.1 Å². The summed E-state index contributed by atoms with van der Waals surface area (Å²) in [6.07, 6.45) is 5.84. The molecule has 1 nitrogen and oxygen atoms in total. The van der Waals surface area contributed by atoms with Crippen LogP contribution in [0.5, 0.6) is 0 Å². The SMILES string of the molecule is CN(C)c1cc(C[S+]2CCCC2)ccc1C[S+]1CCCC1.Cl.[Cl-].[Cl-]. The van der Waals surface area contributed by atoms with E-state index in [2.05, 4.69) is 37.2 Å². The van der Waals surface area contributed by atoms with Gasteiger partial charge in [-0.2, -0.15) is 0 Å². The standard InChI is InChI=1S/C18H29NS2.3ClH/c1-19(2)18-13-16(14-20-9-3-4-10-20)7-8-17(18)15-21-11-5-6-12-21;;;/h7-8,13H,3-6,9-12,14-15H2,1-2H3;3*1H/q+2;;;/p-2. The third kappa shape index (κ3) is 6.72. The maximum Gasteiger partial charge on any atom is 0.135 e. The largest absolute Gasteiger partial charge is 1.00 e. The van der Waals surface area contributed by atoms with E-state index in [4.69, 9.17) is 0 Å². The first kappa shape index (κ1) is 24.6. The quantitative estimate of drug-likeness (QED) is 0.489. The van der Waals surface area contributed by atoms with Gasteiger partial charge in [0.25, 0.3) is 0 Å². The van der Waals surface area contributed by atoms with Gasteiger partial charge >= 0.3 is 0 Å². The Kier molecular flexibility index (Phi) is 12.4. The summed E-state index contributed by atoms with van der Waals surface area (Å²) in [6, 6.07) is 7.35. The summed E-state index contributed by atoms with van der Waals surface area (Å²) < 4.78 is 0. The lowest BCUT2D eigenvalue weighted by Crippen LogP contribution is -3.00. The second-order valence-corrected chi connectivity index (χ2v) is 11.3. The van der Waals surface area contributed by atoms with Crippen molar-refractivity contribution in [1.29, 1.82) is 0 Å². The number of benzene rings is 1. The van der Waals surface area contributed by atoms with Gasteiger partial charge in [-0.15, -0.1) is 12.4 Å². The number of hydrogen-bond acceptors (Lipinski definition) is 1. The molecular formula is C18H30Cl3NS2. The van der Waals surface area contributed by atoms with Crippen molar-refractivity contribution in [2.75, 3.05) is 42.0 Å². The van der Waals surface area contributed by atoms with Crippen LogP contribution >= 0.6 is 12.4 Å². The molecule has 2 fully saturated rings. The molecule has 0 N–H and O–H groups in total. The summed E-state index contributed by atoms with van der Waals surface area (Å²) in [7, 11) is 5.75. The summed E-state index contributed by atoms with van der Waals surface area (Å²) in [5.41, 5.74) is 4.64. The van der Waals surface area contributed by atoms with Crippen molar-refractivity contribution < 1.29 is 24.8 Å². The highest BCUT2D eigenvalue weighted by molar-refractivity contribution is 7.96. The fraction of sp³-hybridized carbons (Fsp3) is 0.667. The normalized spacial score (nSPS) is 17.8. The summed E-state index contributed by atoms with van der Waals surface area (Å²) >= 11 is 0. The lowest BCUT2D eigenvalue weighted by atomic mass is 10.1. The van der Waals surface area contributed by atoms with E-state index in [1.165, 1.54) is 65.9 Å². The van der Waals surface area contributed by atoms with Crippen LogP contribution in [0.2, 0.25) is 0 Å². The Bertz CT molecular complexity index is 473. The molecule has 2 aliphatic heterocycles. The minimum Gasteiger partial charge on any atom is -1.00 e. The van der Waals surface area contributed by atoms with Crippen LogP contribution in [-0.2, 0) is 33.3 Å². The van der Waals surface area contributed by atoms with E-state index >= 15 is 0 Å². The number of anilines is 1. The van der Waals surface area contributed by atoms with Gasteiger partial charge < -0.3 is 29.7 Å². The van der Waals surface area contributed by atoms with Gasteiger partial charge in [0, 0.05) is 30.9 Å². The Balaban J connectivity index is 0.00000176. The van der Waals surface area contributed by atoms with Crippen molar-refractivity contribution in [3.05, 3.63) is 29.3 Å². The molecule has 0 aliphatic carbocycles. The van der Waals surface area contributed by atoms with Crippen LogP contribution in [0.3, 0.4) is 0 Å². The Morgan fingerprint density at radius 3 is 1.83 bits per heavy atom. The molecule has 0 spiro atoms. The Morgan fingerprint density at radius 2 is 1.33 bits per heavy atom. The molecule has 0 bridgehead atoms. The maximum atomic E-state index is 2.49. The van der Waals surface area contributed by atoms with Crippen molar-refractivity contribution in [1.82, 2.24) is 0 Å². The van der Waals surface area contributed by atoms with E-state index in [1.807, 2.05) is 0 Å². The highest BCUT2D eigenvalue weighted by atomic mass is 35.5. The fourth-order valence-corrected chi connectivity index (χ4v) is 8.18. The minimum absolute atomic E-state index is 0. The van der Waals surface area contributed by atoms with Gasteiger partial charge in [0.05, 0.1) is 0 Å². The molecule has 2 heterocycles. The maximum absolute atomic E-state index is 2.49. The first-order valence-corrected chi connectivity index (χ1v) is 11.8. The zero-order valence-electron chi connectivity index (χ0n) is 14.7. The van der Waals surface area contributed by atoms with E-state index in [0.29, 0.717) is 21.8 Å². The Morgan fingerprint density at radius 1 is 0.833 bits per heavy atom. The first-order chi connectivity index (χ1) is 10.2. The molecule has 1 aromatic rings. The van der Waals surface area contributed by atoms with Crippen molar-refractivity contribution in [3.8, 4) is 0 Å². The molecule has 140 valence electrons. The minimum atomic E-state index is 0. The van der Waals surface area contributed by atoms with E-state index in [9.17, 15) is 0 Å². The van der Waals surface area contributed by atoms with Crippen molar-refractivity contribution in [2.45, 2.75) is 37.2 Å². The van der Waals surface area contributed by atoms with Crippen LogP contribution < -0.4 is 29.7 Å². The lowest BCUT2D eigenvalue weighted by Gasteiger charge is -2.18. The first-order valence-electron chi connectivity index (χ1n) is 8.30. The molecule has 0 atom stereocenters. The van der Waals surface area contributed by atoms with Gasteiger partial charge in [0.2, 0.25) is 0 Å². The predicted molar refractivity (Wildman–Crippen MR) is 108 cm³/mol. The van der Waals surface area contributed by atoms with Gasteiger partial charge in [-0.1, -0.05) is 12.1 Å². The smallest absolute Gasteiger partial charge is 0.135 e. The van der Waals surface area contributed by atoms with Gasteiger partial charge in [-0.3, -0.25) is 0 Å². The van der Waals surface area contributed by atoms with Gasteiger partial charge in [-0.05, 0) is 53.5 Å². The molecule has 3 rings (SSSR count). The molecule has 0 aromatic heterocycles. The molecule has 1 aromatic carbocycles. The molecule has 6 heteroatoms. The molecule has 24 heavy (non-hydrogen) atoms. The summed E-state index contributed by atoms with van der Waals surface area (Å²) in [5.74, 6) is 8.54. The van der Waals surface area contributed by atoms with Crippen LogP contribution in [0.1, 0.15) is 36.8 Å². The van der Waals surface area contributed by atoms with Crippen LogP contribution in [0.4, 0.5) is 5.69 Å². The third-order valence-electron chi connectivity index (χ3n) is 4.59. The monoisotopic (exact) mass is 429 g/mol. The molecular weight excluding hydrogens is 401 g/mol. The highest BCUT2D eigenvalue weighted by Crippen LogP contribution is 2.28. The zero-order chi connectivity index (χ0) is 14.7. The summed E-state index contributed by atoms with van der Waals surface area (Å²) in [4.78, 5) is 2.33. The zero-order valence-corrected chi connectivity index (χ0v) is 18.7. The molecule has 0 radical (unpaired) electrons. The van der Waals surface area contributed by atoms with Crippen LogP contribution in [0.15, 0.2) is 18.2 Å². The fourth-order valence-electron chi connectivity index (χ4n) is 3.41. The topological polar surface area (TPSA) is 3.24 Å². The lowest BCUT2D eigenvalue weighted by molar-refractivity contribution is -0.00100. The highest BCUT2D eigenvalue weighted by Gasteiger charge is 2.27. The van der Waals surface area contributed by atoms with Crippen LogP contribution in [0, 0.1) is 0 Å². The van der Waals surface area contributed by atoms with Crippen LogP contribution in [-0.4, -0.2) is 37.1 Å². The summed E-state index contributed by atoms with van der Waals surface area (Å²) in [6.45, 7) is 0. The van der Waals surface area contributed by atoms with E-state index < -0.39 is 0 Å². The molecule has 0 unspecified atom stereocenters. The van der Waals surface area contributed by atoms with Gasteiger partial charge in [-0.25, -0.2) is 0 Å². The van der Waals surface area contributed by atoms with Crippen molar-refractivity contribution in [2.24, 2.45) is 0 Å². The Labute approximate surface area is 172 Å². The van der Waals surface area contributed by atoms with Gasteiger partial charge in [0.15, 0.2) is 0 Å². The molecule has 2 saturated heterocycles. The van der Waals surface area contributed by atoms with Crippen LogP contribution in [0.25, 0.3) is 0 Å². The number of rotatable bonds is 5. The predicted octanol–water partition coefficient (Wildman–Crippen LogP) is -1.99. The number of halogens is 3. The van der Waals surface area contributed by atoms with Gasteiger partial charge in [0.1, 0.15) is 34.5 Å². The summed E-state index contributed by atoms with van der Waals surface area (Å²) in [5, 5.41) is 0. The van der Waals surface area contributed by atoms with E-state index in [-0.39, 0.29) is 37.2 Å². The second-order valence-electron chi connectivity index (χ2n) is 6.60. The average molecular weight is 431 g/mol.